The lowest BCUT2D eigenvalue weighted by Crippen LogP contribution is -2.46. The topological polar surface area (TPSA) is 99.8 Å². The third kappa shape index (κ3) is 4.82. The number of furan rings is 1. The zero-order chi connectivity index (χ0) is 15.3. The highest BCUT2D eigenvalue weighted by Gasteiger charge is 2.30. The Morgan fingerprint density at radius 3 is 2.70 bits per heavy atom. The first-order chi connectivity index (χ1) is 9.22. The van der Waals surface area contributed by atoms with Gasteiger partial charge < -0.3 is 19.9 Å². The van der Waals surface area contributed by atoms with Crippen LogP contribution < -0.4 is 5.32 Å². The van der Waals surface area contributed by atoms with E-state index in [9.17, 15) is 23.5 Å². The van der Waals surface area contributed by atoms with Gasteiger partial charge >= 0.3 is 5.97 Å². The molecule has 0 radical (unpaired) electrons. The molecule has 1 aromatic heterocycles. The fraction of sp³-hybridized carbons (Fsp3) is 0.455. The van der Waals surface area contributed by atoms with Gasteiger partial charge in [-0.1, -0.05) is 11.8 Å². The zero-order valence-electron chi connectivity index (χ0n) is 10.4. The first-order valence-electron chi connectivity index (χ1n) is 5.45. The quantitative estimate of drug-likeness (QED) is 0.702. The Bertz CT molecular complexity index is 489. The lowest BCUT2D eigenvalue weighted by Gasteiger charge is -2.17. The first-order valence-corrected chi connectivity index (χ1v) is 6.49. The second-order valence-electron chi connectivity index (χ2n) is 4.10. The Hall–Kier alpha value is -1.61. The van der Waals surface area contributed by atoms with Gasteiger partial charge in [0.1, 0.15) is 5.76 Å². The van der Waals surface area contributed by atoms with Crippen LogP contribution >= 0.6 is 11.8 Å². The number of rotatable bonds is 7. The molecule has 1 aromatic rings. The van der Waals surface area contributed by atoms with Gasteiger partial charge in [-0.3, -0.25) is 4.79 Å². The summed E-state index contributed by atoms with van der Waals surface area (Å²) in [6.07, 6.45) is 0. The van der Waals surface area contributed by atoms with E-state index in [2.05, 4.69) is 5.32 Å². The summed E-state index contributed by atoms with van der Waals surface area (Å²) in [6, 6.07) is 2.66. The number of carboxylic acid groups (broad SMARTS) is 1. The Labute approximate surface area is 117 Å². The number of thioether (sulfide) groups is 1. The molecule has 1 rings (SSSR count). The summed E-state index contributed by atoms with van der Waals surface area (Å²) in [6.45, 7) is 0.519. The van der Waals surface area contributed by atoms with E-state index < -0.39 is 29.8 Å². The standard InChI is InChI=1S/C11H13F2NO5S/c1-11(18,9(16)17)5-14-8(15)7-3-2-6(19-7)4-20-10(12)13/h2-3,10,18H,4-5H2,1H3,(H,14,15)(H,16,17). The average Bonchev–Trinajstić information content (AvgIpc) is 2.82. The van der Waals surface area contributed by atoms with Crippen LogP contribution in [0.5, 0.6) is 0 Å². The van der Waals surface area contributed by atoms with E-state index in [1.54, 1.807) is 0 Å². The first kappa shape index (κ1) is 16.4. The van der Waals surface area contributed by atoms with Crippen molar-refractivity contribution < 1.29 is 33.0 Å². The number of hydrogen-bond acceptors (Lipinski definition) is 5. The van der Waals surface area contributed by atoms with Crippen molar-refractivity contribution in [2.24, 2.45) is 0 Å². The average molecular weight is 309 g/mol. The van der Waals surface area contributed by atoms with Crippen LogP contribution in [-0.4, -0.2) is 40.0 Å². The number of aliphatic hydroxyl groups is 1. The van der Waals surface area contributed by atoms with Gasteiger partial charge in [-0.15, -0.1) is 0 Å². The number of nitrogens with one attached hydrogen (secondary N) is 1. The molecule has 1 heterocycles. The van der Waals surface area contributed by atoms with Gasteiger partial charge in [-0.05, 0) is 19.1 Å². The fourth-order valence-corrected chi connectivity index (χ4v) is 1.58. The summed E-state index contributed by atoms with van der Waals surface area (Å²) in [7, 11) is 0. The van der Waals surface area contributed by atoms with Crippen molar-refractivity contribution in [1.29, 1.82) is 0 Å². The molecular weight excluding hydrogens is 296 g/mol. The van der Waals surface area contributed by atoms with Crippen LogP contribution in [0.2, 0.25) is 0 Å². The minimum absolute atomic E-state index is 0.0855. The van der Waals surface area contributed by atoms with Crippen LogP contribution in [0.4, 0.5) is 8.78 Å². The van der Waals surface area contributed by atoms with Crippen molar-refractivity contribution in [1.82, 2.24) is 5.32 Å². The number of amides is 1. The van der Waals surface area contributed by atoms with Crippen molar-refractivity contribution in [2.45, 2.75) is 24.0 Å². The number of carbonyl (C=O) groups is 2. The molecule has 9 heteroatoms. The molecule has 112 valence electrons. The number of alkyl halides is 2. The third-order valence-corrected chi connectivity index (χ3v) is 2.99. The predicted octanol–water partition coefficient (Wildman–Crippen LogP) is 1.30. The summed E-state index contributed by atoms with van der Waals surface area (Å²) in [5, 5.41) is 20.2. The van der Waals surface area contributed by atoms with Crippen molar-refractivity contribution >= 4 is 23.6 Å². The maximum atomic E-state index is 12.0. The molecule has 1 amide bonds. The highest BCUT2D eigenvalue weighted by atomic mass is 32.2. The van der Waals surface area contributed by atoms with Gasteiger partial charge in [0.05, 0.1) is 12.3 Å². The lowest BCUT2D eigenvalue weighted by molar-refractivity contribution is -0.155. The van der Waals surface area contributed by atoms with Crippen molar-refractivity contribution in [2.75, 3.05) is 6.54 Å². The van der Waals surface area contributed by atoms with Gasteiger partial charge in [-0.2, -0.15) is 8.78 Å². The maximum Gasteiger partial charge on any atom is 0.337 e. The number of carbonyl (C=O) groups excluding carboxylic acids is 1. The highest BCUT2D eigenvalue weighted by Crippen LogP contribution is 2.21. The molecule has 0 aliphatic carbocycles. The van der Waals surface area contributed by atoms with Crippen LogP contribution in [0, 0.1) is 0 Å². The zero-order valence-corrected chi connectivity index (χ0v) is 11.2. The molecule has 0 fully saturated rings. The number of halogens is 2. The van der Waals surface area contributed by atoms with Gasteiger partial charge in [0.25, 0.3) is 11.7 Å². The molecule has 0 saturated carbocycles. The highest BCUT2D eigenvalue weighted by molar-refractivity contribution is 7.98. The van der Waals surface area contributed by atoms with Crippen LogP contribution in [0.25, 0.3) is 0 Å². The SMILES string of the molecule is CC(O)(CNC(=O)c1ccc(CSC(F)F)o1)C(=O)O. The number of carboxylic acids is 1. The third-order valence-electron chi connectivity index (χ3n) is 2.29. The second-order valence-corrected chi connectivity index (χ2v) is 5.08. The molecule has 1 unspecified atom stereocenters. The minimum atomic E-state index is -2.54. The van der Waals surface area contributed by atoms with E-state index in [4.69, 9.17) is 9.52 Å². The molecule has 0 saturated heterocycles. The normalized spacial score (nSPS) is 14.1. The van der Waals surface area contributed by atoms with E-state index in [0.29, 0.717) is 11.8 Å². The predicted molar refractivity (Wildman–Crippen MR) is 66.6 cm³/mol. The van der Waals surface area contributed by atoms with Crippen LogP contribution in [-0.2, 0) is 10.5 Å². The minimum Gasteiger partial charge on any atom is -0.479 e. The van der Waals surface area contributed by atoms with Crippen molar-refractivity contribution in [3.63, 3.8) is 0 Å². The van der Waals surface area contributed by atoms with E-state index in [-0.39, 0.29) is 17.3 Å². The number of hydrogen-bond donors (Lipinski definition) is 3. The molecule has 0 bridgehead atoms. The van der Waals surface area contributed by atoms with Crippen molar-refractivity contribution in [3.05, 3.63) is 23.7 Å². The summed E-state index contributed by atoms with van der Waals surface area (Å²) >= 11 is 0.354. The Kier molecular flexibility index (Phi) is 5.52. The molecule has 0 aliphatic rings. The van der Waals surface area contributed by atoms with Crippen LogP contribution in [0.15, 0.2) is 16.5 Å². The summed E-state index contributed by atoms with van der Waals surface area (Å²) in [4.78, 5) is 22.2. The maximum absolute atomic E-state index is 12.0. The largest absolute Gasteiger partial charge is 0.479 e. The molecule has 6 nitrogen and oxygen atoms in total. The monoisotopic (exact) mass is 309 g/mol. The van der Waals surface area contributed by atoms with E-state index in [0.717, 1.165) is 6.92 Å². The van der Waals surface area contributed by atoms with E-state index in [1.807, 2.05) is 0 Å². The Balaban J connectivity index is 2.54. The second kappa shape index (κ2) is 6.71. The molecule has 0 aliphatic heterocycles. The van der Waals surface area contributed by atoms with Gasteiger partial charge in [-0.25, -0.2) is 4.79 Å². The van der Waals surface area contributed by atoms with Gasteiger partial charge in [0.2, 0.25) is 0 Å². The van der Waals surface area contributed by atoms with Crippen LogP contribution in [0.1, 0.15) is 23.2 Å². The number of aliphatic carboxylic acids is 1. The molecule has 1 atom stereocenters. The van der Waals surface area contributed by atoms with Crippen LogP contribution in [0.3, 0.4) is 0 Å². The Morgan fingerprint density at radius 2 is 2.15 bits per heavy atom. The summed E-state index contributed by atoms with van der Waals surface area (Å²) < 4.78 is 29.0. The van der Waals surface area contributed by atoms with Gasteiger partial charge in [0.15, 0.2) is 11.4 Å². The lowest BCUT2D eigenvalue weighted by atomic mass is 10.1. The summed E-state index contributed by atoms with van der Waals surface area (Å²) in [5.41, 5.74) is -2.10. The Morgan fingerprint density at radius 1 is 1.50 bits per heavy atom. The van der Waals surface area contributed by atoms with Crippen molar-refractivity contribution in [3.8, 4) is 0 Å². The molecule has 20 heavy (non-hydrogen) atoms. The molecule has 0 spiro atoms. The molecule has 3 N–H and O–H groups in total. The smallest absolute Gasteiger partial charge is 0.337 e. The van der Waals surface area contributed by atoms with Gasteiger partial charge in [0, 0.05) is 0 Å². The fourth-order valence-electron chi connectivity index (χ4n) is 1.14. The van der Waals surface area contributed by atoms with E-state index >= 15 is 0 Å². The summed E-state index contributed by atoms with van der Waals surface area (Å²) in [5.74, 6) is -4.78. The molecule has 0 aromatic carbocycles. The molecular formula is C11H13F2NO5S. The van der Waals surface area contributed by atoms with E-state index in [1.165, 1.54) is 12.1 Å².